The molecule has 0 saturated carbocycles. The molecule has 0 bridgehead atoms. The van der Waals surface area contributed by atoms with Gasteiger partial charge in [-0.2, -0.15) is 0 Å². The minimum atomic E-state index is -0.660. The van der Waals surface area contributed by atoms with Gasteiger partial charge in [0.1, 0.15) is 11.5 Å². The second-order valence-corrected chi connectivity index (χ2v) is 6.91. The van der Waals surface area contributed by atoms with Crippen LogP contribution < -0.4 is 5.73 Å². The SMILES string of the molecule is NC(=O)c1ncccc1CN(C(=O)c1cccnc1)[C@@H]1CCc2c(F)cccc21. The molecule has 0 fully saturated rings. The van der Waals surface area contributed by atoms with Crippen LogP contribution in [0.15, 0.2) is 61.1 Å². The Balaban J connectivity index is 1.77. The van der Waals surface area contributed by atoms with E-state index in [0.29, 0.717) is 29.5 Å². The van der Waals surface area contributed by atoms with Crippen LogP contribution in [-0.4, -0.2) is 26.7 Å². The Morgan fingerprint density at radius 3 is 2.72 bits per heavy atom. The molecule has 0 radical (unpaired) electrons. The highest BCUT2D eigenvalue weighted by molar-refractivity contribution is 5.95. The van der Waals surface area contributed by atoms with Crippen LogP contribution in [-0.2, 0) is 13.0 Å². The predicted molar refractivity (Wildman–Crippen MR) is 104 cm³/mol. The molecule has 6 nitrogen and oxygen atoms in total. The number of primary amides is 1. The van der Waals surface area contributed by atoms with E-state index in [1.165, 1.54) is 18.5 Å². The Morgan fingerprint density at radius 1 is 1.14 bits per heavy atom. The van der Waals surface area contributed by atoms with Crippen LogP contribution in [0, 0.1) is 5.82 Å². The van der Waals surface area contributed by atoms with Gasteiger partial charge in [0.2, 0.25) is 0 Å². The van der Waals surface area contributed by atoms with Crippen molar-refractivity contribution in [1.82, 2.24) is 14.9 Å². The van der Waals surface area contributed by atoms with Crippen LogP contribution in [0.4, 0.5) is 4.39 Å². The van der Waals surface area contributed by atoms with E-state index in [1.54, 1.807) is 41.4 Å². The summed E-state index contributed by atoms with van der Waals surface area (Å²) in [4.78, 5) is 34.9. The molecule has 29 heavy (non-hydrogen) atoms. The lowest BCUT2D eigenvalue weighted by Gasteiger charge is -2.30. The first-order chi connectivity index (χ1) is 14.1. The van der Waals surface area contributed by atoms with E-state index < -0.39 is 5.91 Å². The van der Waals surface area contributed by atoms with E-state index in [4.69, 9.17) is 5.73 Å². The van der Waals surface area contributed by atoms with Gasteiger partial charge in [0.25, 0.3) is 11.8 Å². The van der Waals surface area contributed by atoms with Gasteiger partial charge in [-0.1, -0.05) is 18.2 Å². The molecule has 1 aromatic carbocycles. The highest BCUT2D eigenvalue weighted by Crippen LogP contribution is 2.38. The molecule has 2 aromatic heterocycles. The Hall–Kier alpha value is -3.61. The minimum Gasteiger partial charge on any atom is -0.364 e. The summed E-state index contributed by atoms with van der Waals surface area (Å²) in [5, 5.41) is 0. The van der Waals surface area contributed by atoms with Gasteiger partial charge in [-0.3, -0.25) is 19.6 Å². The maximum Gasteiger partial charge on any atom is 0.267 e. The number of amides is 2. The zero-order valence-electron chi connectivity index (χ0n) is 15.6. The van der Waals surface area contributed by atoms with Crippen molar-refractivity contribution < 1.29 is 14.0 Å². The lowest BCUT2D eigenvalue weighted by molar-refractivity contribution is 0.0655. The Bertz CT molecular complexity index is 1070. The number of pyridine rings is 2. The average molecular weight is 390 g/mol. The first kappa shape index (κ1) is 18.7. The number of aromatic nitrogens is 2. The standard InChI is InChI=1S/C22H19FN4O2/c23-18-7-1-6-17-16(18)8-9-19(17)27(22(29)14-4-2-10-25-12-14)13-15-5-3-11-26-20(15)21(24)28/h1-7,10-12,19H,8-9,13H2,(H2,24,28)/t19-/m1/s1. The molecule has 4 rings (SSSR count). The third-order valence-electron chi connectivity index (χ3n) is 5.19. The second kappa shape index (κ2) is 7.79. The normalized spacial score (nSPS) is 15.0. The van der Waals surface area contributed by atoms with E-state index in [1.807, 2.05) is 6.07 Å². The van der Waals surface area contributed by atoms with Gasteiger partial charge >= 0.3 is 0 Å². The summed E-state index contributed by atoms with van der Waals surface area (Å²) in [7, 11) is 0. The molecule has 7 heteroatoms. The maximum absolute atomic E-state index is 14.3. The molecule has 2 amide bonds. The first-order valence-corrected chi connectivity index (χ1v) is 9.28. The summed E-state index contributed by atoms with van der Waals surface area (Å²) >= 11 is 0. The molecule has 0 spiro atoms. The molecule has 0 saturated heterocycles. The van der Waals surface area contributed by atoms with Crippen molar-refractivity contribution in [2.75, 3.05) is 0 Å². The summed E-state index contributed by atoms with van der Waals surface area (Å²) in [5.41, 5.74) is 7.96. The zero-order valence-corrected chi connectivity index (χ0v) is 15.6. The molecule has 0 aliphatic heterocycles. The van der Waals surface area contributed by atoms with Crippen LogP contribution in [0.2, 0.25) is 0 Å². The van der Waals surface area contributed by atoms with Crippen molar-refractivity contribution in [3.63, 3.8) is 0 Å². The van der Waals surface area contributed by atoms with Crippen molar-refractivity contribution in [3.8, 4) is 0 Å². The number of rotatable bonds is 5. The topological polar surface area (TPSA) is 89.2 Å². The monoisotopic (exact) mass is 390 g/mol. The Labute approximate surface area is 167 Å². The van der Waals surface area contributed by atoms with Crippen molar-refractivity contribution in [3.05, 3.63) is 94.8 Å². The quantitative estimate of drug-likeness (QED) is 0.725. The molecule has 146 valence electrons. The number of carbonyl (C=O) groups is 2. The number of fused-ring (bicyclic) bond motifs is 1. The number of hydrogen-bond acceptors (Lipinski definition) is 4. The van der Waals surface area contributed by atoms with Gasteiger partial charge in [0.15, 0.2) is 0 Å². The fraction of sp³-hybridized carbons (Fsp3) is 0.182. The second-order valence-electron chi connectivity index (χ2n) is 6.91. The minimum absolute atomic E-state index is 0.119. The zero-order chi connectivity index (χ0) is 20.4. The number of nitrogens with zero attached hydrogens (tertiary/aromatic N) is 3. The van der Waals surface area contributed by atoms with E-state index in [9.17, 15) is 14.0 Å². The number of benzene rings is 1. The Kier molecular flexibility index (Phi) is 5.03. The molecule has 3 aromatic rings. The lowest BCUT2D eigenvalue weighted by Crippen LogP contribution is -2.34. The fourth-order valence-corrected chi connectivity index (χ4v) is 3.86. The van der Waals surface area contributed by atoms with Gasteiger partial charge in [-0.05, 0) is 48.2 Å². The van der Waals surface area contributed by atoms with Gasteiger partial charge in [-0.15, -0.1) is 0 Å². The summed E-state index contributed by atoms with van der Waals surface area (Å²) < 4.78 is 14.3. The molecular formula is C22H19FN4O2. The van der Waals surface area contributed by atoms with Crippen LogP contribution in [0.5, 0.6) is 0 Å². The molecular weight excluding hydrogens is 371 g/mol. The lowest BCUT2D eigenvalue weighted by atomic mass is 10.0. The van der Waals surface area contributed by atoms with Crippen molar-refractivity contribution in [2.24, 2.45) is 5.73 Å². The summed E-state index contributed by atoms with van der Waals surface area (Å²) in [6, 6.07) is 11.4. The number of carbonyl (C=O) groups excluding carboxylic acids is 2. The molecule has 1 atom stereocenters. The van der Waals surface area contributed by atoms with E-state index in [2.05, 4.69) is 9.97 Å². The van der Waals surface area contributed by atoms with E-state index >= 15 is 0 Å². The molecule has 0 unspecified atom stereocenters. The average Bonchev–Trinajstić information content (AvgIpc) is 3.17. The van der Waals surface area contributed by atoms with Gasteiger partial charge < -0.3 is 10.6 Å². The predicted octanol–water partition coefficient (Wildman–Crippen LogP) is 3.04. The van der Waals surface area contributed by atoms with Crippen LogP contribution in [0.25, 0.3) is 0 Å². The first-order valence-electron chi connectivity index (χ1n) is 9.28. The Morgan fingerprint density at radius 2 is 1.97 bits per heavy atom. The van der Waals surface area contributed by atoms with Crippen LogP contribution >= 0.6 is 0 Å². The van der Waals surface area contributed by atoms with Crippen molar-refractivity contribution >= 4 is 11.8 Å². The van der Waals surface area contributed by atoms with Gasteiger partial charge in [0, 0.05) is 30.7 Å². The van der Waals surface area contributed by atoms with Crippen molar-refractivity contribution in [1.29, 1.82) is 0 Å². The molecule has 2 heterocycles. The largest absolute Gasteiger partial charge is 0.364 e. The fourth-order valence-electron chi connectivity index (χ4n) is 3.86. The number of halogens is 1. The summed E-state index contributed by atoms with van der Waals surface area (Å²) in [6.45, 7) is 0.125. The summed E-state index contributed by atoms with van der Waals surface area (Å²) in [5.74, 6) is -1.18. The highest BCUT2D eigenvalue weighted by Gasteiger charge is 2.33. The van der Waals surface area contributed by atoms with Crippen LogP contribution in [0.1, 0.15) is 50.0 Å². The summed E-state index contributed by atoms with van der Waals surface area (Å²) in [6.07, 6.45) is 5.70. The number of hydrogen-bond donors (Lipinski definition) is 1. The maximum atomic E-state index is 14.3. The molecule has 1 aliphatic carbocycles. The van der Waals surface area contributed by atoms with Gasteiger partial charge in [-0.25, -0.2) is 4.39 Å². The third-order valence-corrected chi connectivity index (χ3v) is 5.19. The highest BCUT2D eigenvalue weighted by atomic mass is 19.1. The number of nitrogens with two attached hydrogens (primary N) is 1. The van der Waals surface area contributed by atoms with Gasteiger partial charge in [0.05, 0.1) is 11.6 Å². The van der Waals surface area contributed by atoms with Crippen molar-refractivity contribution in [2.45, 2.75) is 25.4 Å². The molecule has 2 N–H and O–H groups in total. The van der Waals surface area contributed by atoms with Crippen LogP contribution in [0.3, 0.4) is 0 Å². The smallest absolute Gasteiger partial charge is 0.267 e. The molecule has 1 aliphatic rings. The third kappa shape index (κ3) is 3.59. The van der Waals surface area contributed by atoms with E-state index in [0.717, 1.165) is 5.56 Å². The van der Waals surface area contributed by atoms with E-state index in [-0.39, 0.29) is 30.0 Å².